The number of aliphatic imine (C=N–C) groups is 1. The molecule has 3 nitrogen and oxygen atoms in total. The van der Waals surface area contributed by atoms with Crippen molar-refractivity contribution >= 4 is 52.9 Å². The lowest BCUT2D eigenvalue weighted by atomic mass is 10.2. The summed E-state index contributed by atoms with van der Waals surface area (Å²) in [7, 11) is 0. The van der Waals surface area contributed by atoms with Crippen molar-refractivity contribution in [3.05, 3.63) is 21.3 Å². The Morgan fingerprint density at radius 1 is 1.28 bits per heavy atom. The highest BCUT2D eigenvalue weighted by atomic mass is 127. The van der Waals surface area contributed by atoms with Crippen molar-refractivity contribution in [1.29, 1.82) is 0 Å². The van der Waals surface area contributed by atoms with Crippen LogP contribution in [0.15, 0.2) is 17.1 Å². The zero-order valence-electron chi connectivity index (χ0n) is 10.3. The van der Waals surface area contributed by atoms with E-state index in [1.54, 1.807) is 11.3 Å². The minimum absolute atomic E-state index is 0. The Morgan fingerprint density at radius 2 is 1.94 bits per heavy atom. The molecule has 0 bridgehead atoms. The van der Waals surface area contributed by atoms with E-state index in [0.717, 1.165) is 22.3 Å². The van der Waals surface area contributed by atoms with Crippen molar-refractivity contribution in [3.8, 4) is 0 Å². The van der Waals surface area contributed by atoms with E-state index >= 15 is 0 Å². The van der Waals surface area contributed by atoms with E-state index in [2.05, 4.69) is 9.89 Å². The molecule has 1 saturated heterocycles. The maximum atomic E-state index is 6.02. The van der Waals surface area contributed by atoms with E-state index in [1.165, 1.54) is 25.7 Å². The highest BCUT2D eigenvalue weighted by Gasteiger charge is 2.10. The summed E-state index contributed by atoms with van der Waals surface area (Å²) in [4.78, 5) is 7.80. The predicted molar refractivity (Wildman–Crippen MR) is 90.1 cm³/mol. The Morgan fingerprint density at radius 3 is 2.50 bits per heavy atom. The summed E-state index contributed by atoms with van der Waals surface area (Å²) in [6, 6.07) is 3.91. The standard InChI is InChI=1S/C12H18ClN3S.HI/c13-11-6-5-10(17-11)9-15-12(14)16-7-3-1-2-4-8-16;/h5-6H,1-4,7-9H2,(H2,14,15);1H. The minimum atomic E-state index is 0. The summed E-state index contributed by atoms with van der Waals surface area (Å²) in [5, 5.41) is 0. The van der Waals surface area contributed by atoms with Crippen LogP contribution < -0.4 is 5.73 Å². The Balaban J connectivity index is 0.00000162. The van der Waals surface area contributed by atoms with E-state index in [4.69, 9.17) is 17.3 Å². The van der Waals surface area contributed by atoms with Crippen LogP contribution in [0.2, 0.25) is 4.34 Å². The van der Waals surface area contributed by atoms with Gasteiger partial charge in [0.25, 0.3) is 0 Å². The van der Waals surface area contributed by atoms with Gasteiger partial charge >= 0.3 is 0 Å². The molecule has 102 valence electrons. The number of hydrogen-bond acceptors (Lipinski definition) is 2. The molecule has 6 heteroatoms. The third-order valence-electron chi connectivity index (χ3n) is 2.96. The summed E-state index contributed by atoms with van der Waals surface area (Å²) in [6.07, 6.45) is 5.07. The largest absolute Gasteiger partial charge is 0.370 e. The third-order valence-corrected chi connectivity index (χ3v) is 4.17. The lowest BCUT2D eigenvalue weighted by Gasteiger charge is -2.20. The van der Waals surface area contributed by atoms with Crippen LogP contribution in [0.25, 0.3) is 0 Å². The van der Waals surface area contributed by atoms with Crippen LogP contribution >= 0.6 is 46.9 Å². The van der Waals surface area contributed by atoms with Crippen LogP contribution in [0.4, 0.5) is 0 Å². The number of rotatable bonds is 2. The van der Waals surface area contributed by atoms with Crippen molar-refractivity contribution in [3.63, 3.8) is 0 Å². The Hall–Kier alpha value is -0.0100. The van der Waals surface area contributed by atoms with Gasteiger partial charge in [-0.1, -0.05) is 24.4 Å². The number of nitrogens with two attached hydrogens (primary N) is 1. The van der Waals surface area contributed by atoms with E-state index in [-0.39, 0.29) is 24.0 Å². The zero-order chi connectivity index (χ0) is 12.1. The molecule has 0 aromatic carbocycles. The number of likely N-dealkylation sites (tertiary alicyclic amines) is 1. The first-order valence-corrected chi connectivity index (χ1v) is 7.24. The Kier molecular flexibility index (Phi) is 7.33. The first-order valence-electron chi connectivity index (χ1n) is 6.05. The normalized spacial score (nSPS) is 17.2. The highest BCUT2D eigenvalue weighted by Crippen LogP contribution is 2.22. The summed E-state index contributed by atoms with van der Waals surface area (Å²) < 4.78 is 0.809. The SMILES string of the molecule is I.NC(=NCc1ccc(Cl)s1)N1CCCCCC1. The minimum Gasteiger partial charge on any atom is -0.370 e. The number of hydrogen-bond donors (Lipinski definition) is 1. The molecule has 2 N–H and O–H groups in total. The lowest BCUT2D eigenvalue weighted by Crippen LogP contribution is -2.38. The van der Waals surface area contributed by atoms with Crippen LogP contribution in [0.3, 0.4) is 0 Å². The van der Waals surface area contributed by atoms with Gasteiger partial charge in [0.1, 0.15) is 0 Å². The molecule has 0 saturated carbocycles. The average Bonchev–Trinajstić information content (AvgIpc) is 2.58. The van der Waals surface area contributed by atoms with Crippen LogP contribution in [0, 0.1) is 0 Å². The van der Waals surface area contributed by atoms with Gasteiger partial charge in [-0.05, 0) is 25.0 Å². The predicted octanol–water partition coefficient (Wildman–Crippen LogP) is 3.71. The molecule has 1 fully saturated rings. The van der Waals surface area contributed by atoms with E-state index < -0.39 is 0 Å². The highest BCUT2D eigenvalue weighted by molar-refractivity contribution is 14.0. The van der Waals surface area contributed by atoms with Crippen molar-refractivity contribution in [2.45, 2.75) is 32.2 Å². The summed E-state index contributed by atoms with van der Waals surface area (Å²) in [6.45, 7) is 2.72. The molecule has 1 aromatic heterocycles. The van der Waals surface area contributed by atoms with Gasteiger partial charge < -0.3 is 10.6 Å². The van der Waals surface area contributed by atoms with Crippen molar-refractivity contribution < 1.29 is 0 Å². The molecule has 1 aliphatic heterocycles. The second-order valence-corrected chi connectivity index (χ2v) is 6.08. The number of halogens is 2. The molecule has 1 aliphatic rings. The Labute approximate surface area is 134 Å². The van der Waals surface area contributed by atoms with Gasteiger partial charge in [0, 0.05) is 18.0 Å². The molecular formula is C12H19ClIN3S. The van der Waals surface area contributed by atoms with E-state index in [1.807, 2.05) is 12.1 Å². The molecule has 0 unspecified atom stereocenters. The fourth-order valence-corrected chi connectivity index (χ4v) is 3.01. The van der Waals surface area contributed by atoms with Crippen LogP contribution in [0.5, 0.6) is 0 Å². The van der Waals surface area contributed by atoms with Gasteiger partial charge in [0.05, 0.1) is 10.9 Å². The monoisotopic (exact) mass is 399 g/mol. The quantitative estimate of drug-likeness (QED) is 0.468. The summed E-state index contributed by atoms with van der Waals surface area (Å²) >= 11 is 7.44. The Bertz CT molecular complexity index is 386. The maximum absolute atomic E-state index is 6.02. The smallest absolute Gasteiger partial charge is 0.191 e. The van der Waals surface area contributed by atoms with Crippen molar-refractivity contribution in [2.24, 2.45) is 10.7 Å². The van der Waals surface area contributed by atoms with Gasteiger partial charge in [-0.3, -0.25) is 0 Å². The molecular weight excluding hydrogens is 381 g/mol. The summed E-state index contributed by atoms with van der Waals surface area (Å²) in [5.41, 5.74) is 6.02. The van der Waals surface area contributed by atoms with Crippen LogP contribution in [0.1, 0.15) is 30.6 Å². The molecule has 0 atom stereocenters. The molecule has 0 radical (unpaired) electrons. The first kappa shape index (κ1) is 16.0. The summed E-state index contributed by atoms with van der Waals surface area (Å²) in [5.74, 6) is 0.677. The second kappa shape index (κ2) is 8.22. The zero-order valence-corrected chi connectivity index (χ0v) is 14.2. The lowest BCUT2D eigenvalue weighted by molar-refractivity contribution is 0.428. The van der Waals surface area contributed by atoms with E-state index in [0.29, 0.717) is 12.5 Å². The van der Waals surface area contributed by atoms with Gasteiger partial charge in [-0.2, -0.15) is 0 Å². The van der Waals surface area contributed by atoms with Gasteiger partial charge in [-0.15, -0.1) is 35.3 Å². The fourth-order valence-electron chi connectivity index (χ4n) is 2.00. The maximum Gasteiger partial charge on any atom is 0.191 e. The van der Waals surface area contributed by atoms with Gasteiger partial charge in [0.2, 0.25) is 0 Å². The molecule has 18 heavy (non-hydrogen) atoms. The molecule has 2 rings (SSSR count). The number of nitrogens with zero attached hydrogens (tertiary/aromatic N) is 2. The first-order chi connectivity index (χ1) is 8.25. The van der Waals surface area contributed by atoms with Crippen molar-refractivity contribution in [1.82, 2.24) is 4.90 Å². The number of guanidine groups is 1. The van der Waals surface area contributed by atoms with Crippen LogP contribution in [-0.4, -0.2) is 23.9 Å². The molecule has 1 aromatic rings. The molecule has 0 spiro atoms. The number of thiophene rings is 1. The average molecular weight is 400 g/mol. The van der Waals surface area contributed by atoms with Gasteiger partial charge in [-0.25, -0.2) is 4.99 Å². The molecule has 0 aliphatic carbocycles. The van der Waals surface area contributed by atoms with E-state index in [9.17, 15) is 0 Å². The van der Waals surface area contributed by atoms with Crippen LogP contribution in [-0.2, 0) is 6.54 Å². The fraction of sp³-hybridized carbons (Fsp3) is 0.583. The molecule has 2 heterocycles. The second-order valence-electron chi connectivity index (χ2n) is 4.28. The third kappa shape index (κ3) is 4.93. The van der Waals surface area contributed by atoms with Gasteiger partial charge in [0.15, 0.2) is 5.96 Å². The molecule has 0 amide bonds. The van der Waals surface area contributed by atoms with Crippen molar-refractivity contribution in [2.75, 3.05) is 13.1 Å². The topological polar surface area (TPSA) is 41.6 Å².